The van der Waals surface area contributed by atoms with Gasteiger partial charge in [0.2, 0.25) is 0 Å². The summed E-state index contributed by atoms with van der Waals surface area (Å²) < 4.78 is 47.2. The van der Waals surface area contributed by atoms with E-state index in [4.69, 9.17) is 4.74 Å². The molecule has 4 rings (SSSR count). The van der Waals surface area contributed by atoms with Crippen LogP contribution in [0.2, 0.25) is 0 Å². The normalized spacial score (nSPS) is 14.4. The lowest BCUT2D eigenvalue weighted by Crippen LogP contribution is -2.29. The van der Waals surface area contributed by atoms with Crippen molar-refractivity contribution in [2.75, 3.05) is 18.6 Å². The lowest BCUT2D eigenvalue weighted by atomic mass is 10.1. The van der Waals surface area contributed by atoms with E-state index >= 15 is 0 Å². The third kappa shape index (κ3) is 6.49. The highest BCUT2D eigenvalue weighted by Crippen LogP contribution is 2.33. The lowest BCUT2D eigenvalue weighted by molar-refractivity contribution is 0.0947. The summed E-state index contributed by atoms with van der Waals surface area (Å²) in [6.07, 6.45) is 4.09. The molecule has 0 spiro atoms. The Kier molecular flexibility index (Phi) is 7.27. The van der Waals surface area contributed by atoms with Crippen LogP contribution in [0.3, 0.4) is 0 Å². The van der Waals surface area contributed by atoms with E-state index < -0.39 is 21.6 Å². The fraction of sp³-hybridized carbons (Fsp3) is 0.333. The second-order valence-electron chi connectivity index (χ2n) is 8.47. The molecular weight excluding hydrogens is 493 g/mol. The Balaban J connectivity index is 1.39. The van der Waals surface area contributed by atoms with Gasteiger partial charge in [0, 0.05) is 24.3 Å². The predicted octanol–water partition coefficient (Wildman–Crippen LogP) is 3.85. The molecule has 3 aromatic rings. The lowest BCUT2D eigenvalue weighted by Gasteiger charge is -2.12. The first-order chi connectivity index (χ1) is 16.6. The average molecular weight is 518 g/mol. The molecule has 0 saturated heterocycles. The number of benzene rings is 1. The Morgan fingerprint density at radius 2 is 2.00 bits per heavy atom. The number of nitrogens with one attached hydrogen (secondary N) is 1. The van der Waals surface area contributed by atoms with E-state index in [1.165, 1.54) is 29.9 Å². The van der Waals surface area contributed by atoms with E-state index in [0.29, 0.717) is 22.7 Å². The number of sulfone groups is 1. The Hall–Kier alpha value is -3.18. The van der Waals surface area contributed by atoms with Crippen molar-refractivity contribution >= 4 is 33.1 Å². The SMILES string of the molecule is C[C@@H](Oc1ccc(C(=O)C2CC2)nc1)c1cc(-c2ccc(C(=O)NCCS(C)(=O)=O)c(F)c2)ns1. The molecule has 0 unspecified atom stereocenters. The number of hydrogen-bond donors (Lipinski definition) is 1. The monoisotopic (exact) mass is 517 g/mol. The second kappa shape index (κ2) is 10.2. The molecule has 1 aromatic carbocycles. The maximum absolute atomic E-state index is 14.6. The molecule has 0 bridgehead atoms. The summed E-state index contributed by atoms with van der Waals surface area (Å²) in [5.74, 6) is -0.934. The summed E-state index contributed by atoms with van der Waals surface area (Å²) in [5.41, 5.74) is 1.30. The van der Waals surface area contributed by atoms with Crippen LogP contribution in [0.5, 0.6) is 5.75 Å². The summed E-state index contributed by atoms with van der Waals surface area (Å²) in [5, 5.41) is 2.40. The van der Waals surface area contributed by atoms with Gasteiger partial charge in [0.05, 0.1) is 28.1 Å². The van der Waals surface area contributed by atoms with Crippen LogP contribution in [0.1, 0.15) is 51.6 Å². The van der Waals surface area contributed by atoms with Gasteiger partial charge in [-0.25, -0.2) is 17.8 Å². The van der Waals surface area contributed by atoms with Crippen LogP contribution in [0.4, 0.5) is 4.39 Å². The van der Waals surface area contributed by atoms with Crippen molar-refractivity contribution in [3.05, 3.63) is 64.5 Å². The fourth-order valence-electron chi connectivity index (χ4n) is 3.33. The zero-order valence-electron chi connectivity index (χ0n) is 19.2. The Labute approximate surface area is 206 Å². The number of Topliss-reactive ketones (excluding diaryl/α,β-unsaturated/α-hetero) is 1. The predicted molar refractivity (Wildman–Crippen MR) is 130 cm³/mol. The quantitative estimate of drug-likeness (QED) is 0.406. The van der Waals surface area contributed by atoms with E-state index in [2.05, 4.69) is 14.7 Å². The number of pyridine rings is 1. The Morgan fingerprint density at radius 3 is 2.63 bits per heavy atom. The second-order valence-corrected chi connectivity index (χ2v) is 11.6. The van der Waals surface area contributed by atoms with Crippen LogP contribution >= 0.6 is 11.5 Å². The van der Waals surface area contributed by atoms with Gasteiger partial charge in [-0.3, -0.25) is 9.59 Å². The highest BCUT2D eigenvalue weighted by Gasteiger charge is 2.31. The molecule has 11 heteroatoms. The third-order valence-corrected chi connectivity index (χ3v) is 7.34. The van der Waals surface area contributed by atoms with Crippen molar-refractivity contribution in [3.8, 4) is 17.0 Å². The van der Waals surface area contributed by atoms with Gasteiger partial charge >= 0.3 is 0 Å². The number of ketones is 1. The smallest absolute Gasteiger partial charge is 0.254 e. The van der Waals surface area contributed by atoms with Crippen molar-refractivity contribution in [2.24, 2.45) is 5.92 Å². The summed E-state index contributed by atoms with van der Waals surface area (Å²) in [6.45, 7) is 1.76. The highest BCUT2D eigenvalue weighted by atomic mass is 32.2. The van der Waals surface area contributed by atoms with E-state index in [-0.39, 0.29) is 35.7 Å². The van der Waals surface area contributed by atoms with Crippen LogP contribution in [0.25, 0.3) is 11.3 Å². The van der Waals surface area contributed by atoms with Crippen LogP contribution in [0, 0.1) is 11.7 Å². The largest absolute Gasteiger partial charge is 0.484 e. The minimum Gasteiger partial charge on any atom is -0.484 e. The number of halogens is 1. The van der Waals surface area contributed by atoms with Gasteiger partial charge in [-0.05, 0) is 61.6 Å². The number of amides is 1. The van der Waals surface area contributed by atoms with Crippen molar-refractivity contribution in [2.45, 2.75) is 25.9 Å². The standard InChI is InChI=1S/C24H24FN3O5S2/c1-14(33-17-6-8-20(27-13-17)23(29)15-3-4-15)22-12-21(28-34-22)16-5-7-18(19(25)11-16)24(30)26-9-10-35(2,31)32/h5-8,11-15H,3-4,9-10H2,1-2H3,(H,26,30)/t14-/m1/s1. The van der Waals surface area contributed by atoms with Gasteiger partial charge in [-0.1, -0.05) is 6.07 Å². The van der Waals surface area contributed by atoms with E-state index in [1.807, 2.05) is 6.92 Å². The number of carbonyl (C=O) groups is 2. The highest BCUT2D eigenvalue weighted by molar-refractivity contribution is 7.90. The van der Waals surface area contributed by atoms with Gasteiger partial charge in [0.25, 0.3) is 5.91 Å². The molecule has 8 nitrogen and oxygen atoms in total. The average Bonchev–Trinajstić information content (AvgIpc) is 3.54. The van der Waals surface area contributed by atoms with E-state index in [1.54, 1.807) is 24.3 Å². The summed E-state index contributed by atoms with van der Waals surface area (Å²) in [4.78, 5) is 29.3. The van der Waals surface area contributed by atoms with Crippen LogP contribution in [-0.2, 0) is 9.84 Å². The van der Waals surface area contributed by atoms with Gasteiger partial charge in [0.15, 0.2) is 5.78 Å². The Morgan fingerprint density at radius 1 is 1.23 bits per heavy atom. The van der Waals surface area contributed by atoms with Crippen molar-refractivity contribution in [3.63, 3.8) is 0 Å². The van der Waals surface area contributed by atoms with Gasteiger partial charge in [-0.15, -0.1) is 0 Å². The molecule has 1 atom stereocenters. The summed E-state index contributed by atoms with van der Waals surface area (Å²) in [6, 6.07) is 9.32. The van der Waals surface area contributed by atoms with Crippen LogP contribution in [-0.4, -0.2) is 48.0 Å². The van der Waals surface area contributed by atoms with Crippen molar-refractivity contribution < 1.29 is 27.1 Å². The fourth-order valence-corrected chi connectivity index (χ4v) is 4.53. The molecule has 2 aromatic heterocycles. The molecule has 0 aliphatic heterocycles. The zero-order chi connectivity index (χ0) is 25.2. The molecule has 0 radical (unpaired) electrons. The van der Waals surface area contributed by atoms with Gasteiger partial charge in [-0.2, -0.15) is 4.37 Å². The maximum atomic E-state index is 14.6. The number of rotatable bonds is 10. The minimum atomic E-state index is -3.23. The maximum Gasteiger partial charge on any atom is 0.254 e. The molecule has 184 valence electrons. The van der Waals surface area contributed by atoms with Crippen molar-refractivity contribution in [1.82, 2.24) is 14.7 Å². The molecule has 1 N–H and O–H groups in total. The van der Waals surface area contributed by atoms with E-state index in [9.17, 15) is 22.4 Å². The van der Waals surface area contributed by atoms with Crippen molar-refractivity contribution in [1.29, 1.82) is 0 Å². The molecule has 35 heavy (non-hydrogen) atoms. The summed E-state index contributed by atoms with van der Waals surface area (Å²) in [7, 11) is -3.23. The molecule has 1 saturated carbocycles. The molecule has 1 aliphatic rings. The molecule has 1 aliphatic carbocycles. The molecule has 1 fully saturated rings. The van der Waals surface area contributed by atoms with Gasteiger partial charge < -0.3 is 10.1 Å². The number of aromatic nitrogens is 2. The van der Waals surface area contributed by atoms with Gasteiger partial charge in [0.1, 0.15) is 33.2 Å². The first kappa shape index (κ1) is 24.9. The minimum absolute atomic E-state index is 0.0707. The number of hydrogen-bond acceptors (Lipinski definition) is 8. The number of ether oxygens (including phenoxy) is 1. The van der Waals surface area contributed by atoms with Crippen LogP contribution in [0.15, 0.2) is 42.6 Å². The molecular formula is C24H24FN3O5S2. The van der Waals surface area contributed by atoms with Crippen LogP contribution < -0.4 is 10.1 Å². The number of nitrogens with zero attached hydrogens (tertiary/aromatic N) is 2. The Bertz CT molecular complexity index is 1350. The first-order valence-electron chi connectivity index (χ1n) is 11.0. The third-order valence-electron chi connectivity index (χ3n) is 5.45. The molecule has 1 amide bonds. The molecule has 2 heterocycles. The first-order valence-corrected chi connectivity index (χ1v) is 13.8. The number of carbonyl (C=O) groups excluding carboxylic acids is 2. The summed E-state index contributed by atoms with van der Waals surface area (Å²) >= 11 is 1.21. The topological polar surface area (TPSA) is 115 Å². The zero-order valence-corrected chi connectivity index (χ0v) is 20.8. The van der Waals surface area contributed by atoms with E-state index in [0.717, 1.165) is 24.0 Å².